The number of hydrogen-bond acceptors (Lipinski definition) is 2. The molecular formula is C10H8F3N2O. The fourth-order valence-corrected chi connectivity index (χ4v) is 1.48. The largest absolute Gasteiger partial charge is 0.417 e. The molecule has 1 saturated heterocycles. The van der Waals surface area contributed by atoms with E-state index in [4.69, 9.17) is 0 Å². The SMILES string of the molecule is O=C1[CH]CCN1c1ccc(C(F)(F)F)cn1. The Hall–Kier alpha value is -1.59. The van der Waals surface area contributed by atoms with E-state index in [2.05, 4.69) is 4.98 Å². The Labute approximate surface area is 89.9 Å². The third kappa shape index (κ3) is 2.00. The Bertz CT molecular complexity index is 400. The minimum atomic E-state index is -4.40. The van der Waals surface area contributed by atoms with Crippen LogP contribution in [0.3, 0.4) is 0 Å². The van der Waals surface area contributed by atoms with Crippen LogP contribution in [0.5, 0.6) is 0 Å². The molecule has 0 spiro atoms. The molecule has 3 nitrogen and oxygen atoms in total. The van der Waals surface area contributed by atoms with E-state index < -0.39 is 11.7 Å². The van der Waals surface area contributed by atoms with Crippen molar-refractivity contribution in [3.05, 3.63) is 30.3 Å². The van der Waals surface area contributed by atoms with Gasteiger partial charge in [0.2, 0.25) is 5.91 Å². The van der Waals surface area contributed by atoms with Crippen molar-refractivity contribution in [1.29, 1.82) is 0 Å². The van der Waals surface area contributed by atoms with Crippen LogP contribution in [-0.4, -0.2) is 17.4 Å². The topological polar surface area (TPSA) is 33.2 Å². The highest BCUT2D eigenvalue weighted by Gasteiger charge is 2.31. The normalized spacial score (nSPS) is 16.9. The number of rotatable bonds is 1. The van der Waals surface area contributed by atoms with Gasteiger partial charge in [0.25, 0.3) is 0 Å². The van der Waals surface area contributed by atoms with E-state index in [1.165, 1.54) is 17.4 Å². The summed E-state index contributed by atoms with van der Waals surface area (Å²) in [5, 5.41) is 0. The van der Waals surface area contributed by atoms with Gasteiger partial charge in [-0.15, -0.1) is 0 Å². The van der Waals surface area contributed by atoms with Gasteiger partial charge in [-0.25, -0.2) is 4.98 Å². The lowest BCUT2D eigenvalue weighted by Crippen LogP contribution is -2.25. The van der Waals surface area contributed by atoms with E-state index in [1.54, 1.807) is 0 Å². The van der Waals surface area contributed by atoms with Crippen LogP contribution in [0.1, 0.15) is 12.0 Å². The number of halogens is 3. The van der Waals surface area contributed by atoms with Crippen molar-refractivity contribution in [2.45, 2.75) is 12.6 Å². The molecular weight excluding hydrogens is 221 g/mol. The van der Waals surface area contributed by atoms with E-state index in [0.717, 1.165) is 12.3 Å². The fraction of sp³-hybridized carbons (Fsp3) is 0.300. The zero-order valence-corrected chi connectivity index (χ0v) is 8.16. The van der Waals surface area contributed by atoms with Crippen LogP contribution in [0, 0.1) is 6.42 Å². The summed E-state index contributed by atoms with van der Waals surface area (Å²) in [7, 11) is 0. The van der Waals surface area contributed by atoms with Crippen LogP contribution in [-0.2, 0) is 11.0 Å². The summed E-state index contributed by atoms with van der Waals surface area (Å²) in [5.74, 6) is 0.0407. The molecule has 1 aliphatic heterocycles. The molecule has 85 valence electrons. The predicted octanol–water partition coefficient (Wildman–Crippen LogP) is 2.04. The van der Waals surface area contributed by atoms with E-state index in [9.17, 15) is 18.0 Å². The maximum absolute atomic E-state index is 12.2. The third-order valence-electron chi connectivity index (χ3n) is 2.29. The highest BCUT2D eigenvalue weighted by Crippen LogP contribution is 2.29. The molecule has 0 N–H and O–H groups in total. The summed E-state index contributed by atoms with van der Waals surface area (Å²) in [5.41, 5.74) is -0.813. The number of carbonyl (C=O) groups excluding carboxylic acids is 1. The Kier molecular flexibility index (Phi) is 2.57. The second kappa shape index (κ2) is 3.77. The molecule has 2 heterocycles. The van der Waals surface area contributed by atoms with Crippen molar-refractivity contribution >= 4 is 11.7 Å². The average molecular weight is 229 g/mol. The fourth-order valence-electron chi connectivity index (χ4n) is 1.48. The summed E-state index contributed by atoms with van der Waals surface area (Å²) in [6.07, 6.45) is -1.57. The third-order valence-corrected chi connectivity index (χ3v) is 2.29. The van der Waals surface area contributed by atoms with Crippen LogP contribution < -0.4 is 4.90 Å². The van der Waals surface area contributed by atoms with Gasteiger partial charge in [-0.1, -0.05) is 0 Å². The van der Waals surface area contributed by atoms with Crippen LogP contribution >= 0.6 is 0 Å². The van der Waals surface area contributed by atoms with Crippen molar-refractivity contribution in [2.75, 3.05) is 11.4 Å². The first-order chi connectivity index (χ1) is 7.48. The molecule has 0 unspecified atom stereocenters. The average Bonchev–Trinajstić information content (AvgIpc) is 2.63. The quantitative estimate of drug-likeness (QED) is 0.738. The summed E-state index contributed by atoms with van der Waals surface area (Å²) >= 11 is 0. The van der Waals surface area contributed by atoms with Gasteiger partial charge < -0.3 is 0 Å². The molecule has 1 amide bonds. The van der Waals surface area contributed by atoms with E-state index in [0.29, 0.717) is 13.0 Å². The molecule has 0 aromatic carbocycles. The molecule has 1 fully saturated rings. The lowest BCUT2D eigenvalue weighted by molar-refractivity contribution is -0.137. The summed E-state index contributed by atoms with van der Waals surface area (Å²) in [4.78, 5) is 16.3. The van der Waals surface area contributed by atoms with Crippen molar-refractivity contribution in [1.82, 2.24) is 4.98 Å². The molecule has 2 rings (SSSR count). The zero-order valence-electron chi connectivity index (χ0n) is 8.16. The van der Waals surface area contributed by atoms with E-state index in [-0.39, 0.29) is 11.7 Å². The van der Waals surface area contributed by atoms with Gasteiger partial charge >= 0.3 is 6.18 Å². The highest BCUT2D eigenvalue weighted by atomic mass is 19.4. The number of carbonyl (C=O) groups is 1. The summed E-state index contributed by atoms with van der Waals surface area (Å²) in [6.45, 7) is 0.469. The first-order valence-corrected chi connectivity index (χ1v) is 4.66. The molecule has 0 saturated carbocycles. The van der Waals surface area contributed by atoms with E-state index in [1.807, 2.05) is 0 Å². The molecule has 1 aromatic rings. The number of hydrogen-bond donors (Lipinski definition) is 0. The number of aromatic nitrogens is 1. The number of amides is 1. The highest BCUT2D eigenvalue weighted by molar-refractivity contribution is 6.00. The van der Waals surface area contributed by atoms with Crippen molar-refractivity contribution in [3.8, 4) is 0 Å². The molecule has 1 aliphatic rings. The standard InChI is InChI=1S/C10H8F3N2O/c11-10(12,13)7-3-4-8(14-6-7)15-5-1-2-9(15)16/h2-4,6H,1,5H2. The smallest absolute Gasteiger partial charge is 0.297 e. The molecule has 1 radical (unpaired) electrons. The van der Waals surface area contributed by atoms with Crippen molar-refractivity contribution in [3.63, 3.8) is 0 Å². The maximum atomic E-state index is 12.2. The first-order valence-electron chi connectivity index (χ1n) is 4.66. The molecule has 0 bridgehead atoms. The van der Waals surface area contributed by atoms with Gasteiger partial charge in [0.05, 0.1) is 12.0 Å². The second-order valence-corrected chi connectivity index (χ2v) is 3.39. The van der Waals surface area contributed by atoms with Gasteiger partial charge in [0, 0.05) is 12.7 Å². The molecule has 0 atom stereocenters. The number of alkyl halides is 3. The van der Waals surface area contributed by atoms with Gasteiger partial charge in [0.1, 0.15) is 5.82 Å². The van der Waals surface area contributed by atoms with Crippen LogP contribution in [0.4, 0.5) is 19.0 Å². The monoisotopic (exact) mass is 229 g/mol. The molecule has 1 aromatic heterocycles. The van der Waals surface area contributed by atoms with Gasteiger partial charge in [0.15, 0.2) is 0 Å². The summed E-state index contributed by atoms with van der Waals surface area (Å²) in [6, 6.07) is 2.13. The molecule has 6 heteroatoms. The Balaban J connectivity index is 2.22. The minimum Gasteiger partial charge on any atom is -0.297 e. The molecule has 0 aliphatic carbocycles. The maximum Gasteiger partial charge on any atom is 0.417 e. The van der Waals surface area contributed by atoms with Crippen LogP contribution in [0.2, 0.25) is 0 Å². The minimum absolute atomic E-state index is 0.216. The van der Waals surface area contributed by atoms with Crippen LogP contribution in [0.15, 0.2) is 18.3 Å². The van der Waals surface area contributed by atoms with Crippen LogP contribution in [0.25, 0.3) is 0 Å². The Morgan fingerprint density at radius 3 is 2.50 bits per heavy atom. The number of anilines is 1. The van der Waals surface area contributed by atoms with Gasteiger partial charge in [-0.05, 0) is 18.6 Å². The lowest BCUT2D eigenvalue weighted by Gasteiger charge is -2.14. The Morgan fingerprint density at radius 2 is 2.06 bits per heavy atom. The van der Waals surface area contributed by atoms with Gasteiger partial charge in [-0.2, -0.15) is 13.2 Å². The first kappa shape index (κ1) is 10.9. The Morgan fingerprint density at radius 1 is 1.31 bits per heavy atom. The van der Waals surface area contributed by atoms with Crippen molar-refractivity contribution in [2.24, 2.45) is 0 Å². The number of pyridine rings is 1. The van der Waals surface area contributed by atoms with Gasteiger partial charge in [-0.3, -0.25) is 9.69 Å². The zero-order chi connectivity index (χ0) is 11.8. The predicted molar refractivity (Wildman–Crippen MR) is 50.5 cm³/mol. The lowest BCUT2D eigenvalue weighted by atomic mass is 10.3. The van der Waals surface area contributed by atoms with Crippen molar-refractivity contribution < 1.29 is 18.0 Å². The number of nitrogens with zero attached hydrogens (tertiary/aromatic N) is 2. The molecule has 16 heavy (non-hydrogen) atoms. The second-order valence-electron chi connectivity index (χ2n) is 3.39. The summed E-state index contributed by atoms with van der Waals surface area (Å²) < 4.78 is 36.7. The van der Waals surface area contributed by atoms with E-state index >= 15 is 0 Å².